The molecule has 2 aliphatic rings. The van der Waals surface area contributed by atoms with Crippen molar-refractivity contribution in [1.82, 2.24) is 14.5 Å². The molecule has 6 heteroatoms. The van der Waals surface area contributed by atoms with E-state index in [0.29, 0.717) is 6.54 Å². The number of nitrogens with zero attached hydrogens (tertiary/aromatic N) is 3. The first-order valence-corrected chi connectivity index (χ1v) is 11.8. The summed E-state index contributed by atoms with van der Waals surface area (Å²) in [5, 5.41) is 10.1. The third-order valence-corrected chi connectivity index (χ3v) is 7.18. The van der Waals surface area contributed by atoms with Crippen LogP contribution in [0, 0.1) is 5.92 Å². The highest BCUT2D eigenvalue weighted by Crippen LogP contribution is 2.40. The number of aromatic nitrogens is 2. The molecule has 0 saturated heterocycles. The van der Waals surface area contributed by atoms with Gasteiger partial charge in [0.1, 0.15) is 6.04 Å². The summed E-state index contributed by atoms with van der Waals surface area (Å²) in [4.78, 5) is 32.4. The van der Waals surface area contributed by atoms with E-state index in [-0.39, 0.29) is 30.7 Å². The summed E-state index contributed by atoms with van der Waals surface area (Å²) in [6.45, 7) is 0.876. The van der Waals surface area contributed by atoms with E-state index in [1.807, 2.05) is 65.2 Å². The molecule has 1 fully saturated rings. The van der Waals surface area contributed by atoms with Crippen molar-refractivity contribution in [1.29, 1.82) is 0 Å². The monoisotopic (exact) mass is 443 g/mol. The second kappa shape index (κ2) is 9.22. The number of fused-ring (bicyclic) bond motifs is 1. The number of amides is 1. The van der Waals surface area contributed by atoms with Crippen LogP contribution in [0.3, 0.4) is 0 Å². The van der Waals surface area contributed by atoms with Gasteiger partial charge in [-0.2, -0.15) is 0 Å². The van der Waals surface area contributed by atoms with E-state index in [4.69, 9.17) is 0 Å². The average molecular weight is 444 g/mol. The second-order valence-electron chi connectivity index (χ2n) is 9.21. The Morgan fingerprint density at radius 2 is 1.67 bits per heavy atom. The Morgan fingerprint density at radius 3 is 2.33 bits per heavy atom. The summed E-state index contributed by atoms with van der Waals surface area (Å²) in [6.07, 6.45) is 6.31. The molecule has 5 rings (SSSR count). The fourth-order valence-corrected chi connectivity index (χ4v) is 5.50. The molecule has 1 aliphatic carbocycles. The highest BCUT2D eigenvalue weighted by Gasteiger charge is 2.42. The Hall–Kier alpha value is -3.41. The lowest BCUT2D eigenvalue weighted by molar-refractivity contribution is -0.152. The van der Waals surface area contributed by atoms with Crippen LogP contribution in [0.15, 0.2) is 67.0 Å². The highest BCUT2D eigenvalue weighted by molar-refractivity contribution is 5.89. The molecular formula is C27H29N3O3. The van der Waals surface area contributed by atoms with Crippen molar-refractivity contribution in [3.8, 4) is 0 Å². The molecule has 0 spiro atoms. The maximum Gasteiger partial charge on any atom is 0.326 e. The van der Waals surface area contributed by atoms with Crippen LogP contribution in [0.1, 0.15) is 54.1 Å². The number of carbonyl (C=O) groups excluding carboxylic acids is 1. The molecule has 1 N–H and O–H groups in total. The Kier molecular flexibility index (Phi) is 5.99. The molecule has 1 aromatic heterocycles. The molecule has 170 valence electrons. The van der Waals surface area contributed by atoms with E-state index >= 15 is 0 Å². The second-order valence-corrected chi connectivity index (χ2v) is 9.21. The van der Waals surface area contributed by atoms with Gasteiger partial charge in [-0.3, -0.25) is 4.79 Å². The molecule has 1 aliphatic heterocycles. The van der Waals surface area contributed by atoms with Crippen LogP contribution in [0.5, 0.6) is 0 Å². The fraction of sp³-hybridized carbons (Fsp3) is 0.370. The van der Waals surface area contributed by atoms with Crippen LogP contribution in [0.4, 0.5) is 0 Å². The summed E-state index contributed by atoms with van der Waals surface area (Å²) in [6, 6.07) is 19.0. The minimum Gasteiger partial charge on any atom is -0.480 e. The molecule has 1 amide bonds. The van der Waals surface area contributed by atoms with Gasteiger partial charge in [0.25, 0.3) is 0 Å². The first-order valence-electron chi connectivity index (χ1n) is 11.8. The van der Waals surface area contributed by atoms with Gasteiger partial charge >= 0.3 is 5.97 Å². The number of imidazole rings is 1. The van der Waals surface area contributed by atoms with Crippen molar-refractivity contribution < 1.29 is 14.7 Å². The lowest BCUT2D eigenvalue weighted by Crippen LogP contribution is -2.51. The zero-order valence-corrected chi connectivity index (χ0v) is 18.6. The maximum atomic E-state index is 13.9. The third-order valence-electron chi connectivity index (χ3n) is 7.18. The summed E-state index contributed by atoms with van der Waals surface area (Å²) in [5.74, 6) is -1.08. The molecule has 1 saturated carbocycles. The van der Waals surface area contributed by atoms with Crippen LogP contribution < -0.4 is 0 Å². The first-order chi connectivity index (χ1) is 16.1. The molecule has 33 heavy (non-hydrogen) atoms. The Balaban J connectivity index is 1.45. The maximum absolute atomic E-state index is 13.9. The molecule has 2 aromatic carbocycles. The number of hydrogen-bond acceptors (Lipinski definition) is 3. The topological polar surface area (TPSA) is 75.4 Å². The van der Waals surface area contributed by atoms with E-state index in [0.717, 1.165) is 48.2 Å². The predicted molar refractivity (Wildman–Crippen MR) is 125 cm³/mol. The quantitative estimate of drug-likeness (QED) is 0.618. The van der Waals surface area contributed by atoms with Crippen LogP contribution in [0.2, 0.25) is 0 Å². The summed E-state index contributed by atoms with van der Waals surface area (Å²) >= 11 is 0. The van der Waals surface area contributed by atoms with Crippen molar-refractivity contribution in [2.24, 2.45) is 5.92 Å². The number of benzene rings is 2. The Bertz CT molecular complexity index is 1120. The van der Waals surface area contributed by atoms with Gasteiger partial charge in [0, 0.05) is 18.7 Å². The van der Waals surface area contributed by atoms with Gasteiger partial charge in [0.2, 0.25) is 5.91 Å². The Morgan fingerprint density at radius 1 is 1.00 bits per heavy atom. The largest absolute Gasteiger partial charge is 0.480 e. The fourth-order valence-electron chi connectivity index (χ4n) is 5.50. The number of rotatable bonds is 6. The van der Waals surface area contributed by atoms with Crippen molar-refractivity contribution in [3.05, 3.63) is 89.5 Å². The van der Waals surface area contributed by atoms with Crippen molar-refractivity contribution in [2.75, 3.05) is 0 Å². The summed E-state index contributed by atoms with van der Waals surface area (Å²) in [5.41, 5.74) is 3.83. The molecule has 2 atom stereocenters. The molecule has 2 heterocycles. The van der Waals surface area contributed by atoms with Gasteiger partial charge in [-0.15, -0.1) is 0 Å². The van der Waals surface area contributed by atoms with Gasteiger partial charge in [0.05, 0.1) is 24.5 Å². The standard InChI is InChI=1S/C27H29N3O3/c31-26(25(21-13-7-8-14-21)20-11-5-2-6-12-20)30-17-22-23(15-24(30)27(32)33)29(18-28-22)16-19-9-3-1-4-10-19/h1-6,9-12,18,21,24-25H,7-8,13-17H2,(H,32,33). The van der Waals surface area contributed by atoms with Gasteiger partial charge in [-0.1, -0.05) is 73.5 Å². The van der Waals surface area contributed by atoms with E-state index < -0.39 is 12.0 Å². The molecular weight excluding hydrogens is 414 g/mol. The summed E-state index contributed by atoms with van der Waals surface area (Å²) in [7, 11) is 0. The van der Waals surface area contributed by atoms with Gasteiger partial charge < -0.3 is 14.6 Å². The van der Waals surface area contributed by atoms with Crippen LogP contribution in [-0.4, -0.2) is 37.5 Å². The van der Waals surface area contributed by atoms with Gasteiger partial charge in [-0.05, 0) is 29.9 Å². The Labute approximate surface area is 193 Å². The smallest absolute Gasteiger partial charge is 0.326 e. The predicted octanol–water partition coefficient (Wildman–Crippen LogP) is 4.24. The highest BCUT2D eigenvalue weighted by atomic mass is 16.4. The zero-order valence-electron chi connectivity index (χ0n) is 18.6. The molecule has 0 bridgehead atoms. The van der Waals surface area contributed by atoms with Crippen LogP contribution in [-0.2, 0) is 29.1 Å². The number of carboxylic acids is 1. The van der Waals surface area contributed by atoms with E-state index in [1.54, 1.807) is 11.2 Å². The normalized spacial score (nSPS) is 19.3. The SMILES string of the molecule is O=C(O)C1Cc2c(ncn2Cc2ccccc2)CN1C(=O)C(c1ccccc1)C1CCCC1. The number of carbonyl (C=O) groups is 2. The number of carboxylic acid groups (broad SMARTS) is 1. The van der Waals surface area contributed by atoms with Gasteiger partial charge in [-0.25, -0.2) is 9.78 Å². The molecule has 2 unspecified atom stereocenters. The van der Waals surface area contributed by atoms with Crippen LogP contribution in [0.25, 0.3) is 0 Å². The van der Waals surface area contributed by atoms with E-state index in [1.165, 1.54) is 0 Å². The number of aliphatic carboxylic acids is 1. The lowest BCUT2D eigenvalue weighted by atomic mass is 9.83. The van der Waals surface area contributed by atoms with Crippen LogP contribution >= 0.6 is 0 Å². The number of hydrogen-bond donors (Lipinski definition) is 1. The van der Waals surface area contributed by atoms with Crippen molar-refractivity contribution in [2.45, 2.75) is 57.2 Å². The molecule has 3 aromatic rings. The third kappa shape index (κ3) is 4.30. The molecule has 0 radical (unpaired) electrons. The van der Waals surface area contributed by atoms with Crippen molar-refractivity contribution in [3.63, 3.8) is 0 Å². The minimum absolute atomic E-state index is 0.0799. The average Bonchev–Trinajstić information content (AvgIpc) is 3.50. The zero-order chi connectivity index (χ0) is 22.8. The van der Waals surface area contributed by atoms with E-state index in [9.17, 15) is 14.7 Å². The minimum atomic E-state index is -0.959. The van der Waals surface area contributed by atoms with Gasteiger partial charge in [0.15, 0.2) is 0 Å². The molecule has 6 nitrogen and oxygen atoms in total. The summed E-state index contributed by atoms with van der Waals surface area (Å²) < 4.78 is 2.02. The lowest BCUT2D eigenvalue weighted by Gasteiger charge is -2.37. The first kappa shape index (κ1) is 21.4. The van der Waals surface area contributed by atoms with Crippen molar-refractivity contribution >= 4 is 11.9 Å². The van der Waals surface area contributed by atoms with E-state index in [2.05, 4.69) is 4.98 Å².